The molecule has 3 atom stereocenters. The van der Waals surface area contributed by atoms with Crippen LogP contribution in [0.3, 0.4) is 0 Å². The number of aliphatic carboxylic acids is 1. The summed E-state index contributed by atoms with van der Waals surface area (Å²) in [4.78, 5) is 25.5. The average Bonchev–Trinajstić information content (AvgIpc) is 2.12. The van der Waals surface area contributed by atoms with E-state index in [1.807, 2.05) is 11.8 Å². The largest absolute Gasteiger partial charge is 0.481 e. The van der Waals surface area contributed by atoms with E-state index in [0.29, 0.717) is 23.6 Å². The standard InChI is InChI=1S/C13H23NO3S/c1-8-6-14(7-9(2)18-8)11(15)10(12(16)17)13(3,4)5/h8-10H,6-7H2,1-5H3,(H,16,17). The molecule has 1 rings (SSSR count). The smallest absolute Gasteiger partial charge is 0.316 e. The first-order valence-electron chi connectivity index (χ1n) is 6.30. The highest BCUT2D eigenvalue weighted by Gasteiger charge is 2.41. The maximum absolute atomic E-state index is 12.4. The van der Waals surface area contributed by atoms with Crippen molar-refractivity contribution in [2.45, 2.75) is 45.1 Å². The molecule has 0 bridgehead atoms. The highest BCUT2D eigenvalue weighted by molar-refractivity contribution is 8.00. The van der Waals surface area contributed by atoms with Crippen LogP contribution in [-0.4, -0.2) is 45.5 Å². The van der Waals surface area contributed by atoms with Gasteiger partial charge in [0.1, 0.15) is 5.92 Å². The first-order valence-corrected chi connectivity index (χ1v) is 7.24. The molecule has 0 aromatic heterocycles. The maximum Gasteiger partial charge on any atom is 0.316 e. The van der Waals surface area contributed by atoms with Gasteiger partial charge in [0.05, 0.1) is 0 Å². The molecular weight excluding hydrogens is 250 g/mol. The molecular formula is C13H23NO3S. The molecule has 0 aromatic rings. The molecule has 18 heavy (non-hydrogen) atoms. The van der Waals surface area contributed by atoms with Gasteiger partial charge in [0, 0.05) is 23.6 Å². The number of carboxylic acid groups (broad SMARTS) is 1. The van der Waals surface area contributed by atoms with Crippen LogP contribution in [-0.2, 0) is 9.59 Å². The van der Waals surface area contributed by atoms with Crippen molar-refractivity contribution >= 4 is 23.6 Å². The van der Waals surface area contributed by atoms with Gasteiger partial charge in [-0.15, -0.1) is 0 Å². The van der Waals surface area contributed by atoms with Gasteiger partial charge in [-0.25, -0.2) is 0 Å². The second kappa shape index (κ2) is 5.51. The van der Waals surface area contributed by atoms with Gasteiger partial charge in [0.25, 0.3) is 0 Å². The quantitative estimate of drug-likeness (QED) is 0.783. The Labute approximate surface area is 113 Å². The summed E-state index contributed by atoms with van der Waals surface area (Å²) in [5.74, 6) is -2.22. The second-order valence-corrected chi connectivity index (χ2v) is 8.02. The lowest BCUT2D eigenvalue weighted by molar-refractivity contribution is -0.156. The zero-order valence-corrected chi connectivity index (χ0v) is 12.6. The number of thioether (sulfide) groups is 1. The molecule has 0 aliphatic carbocycles. The first kappa shape index (κ1) is 15.3. The summed E-state index contributed by atoms with van der Waals surface area (Å²) < 4.78 is 0. The van der Waals surface area contributed by atoms with E-state index in [9.17, 15) is 14.7 Å². The van der Waals surface area contributed by atoms with Gasteiger partial charge in [0.2, 0.25) is 5.91 Å². The van der Waals surface area contributed by atoms with Gasteiger partial charge in [0.15, 0.2) is 0 Å². The van der Waals surface area contributed by atoms with E-state index in [2.05, 4.69) is 13.8 Å². The Morgan fingerprint density at radius 3 is 2.00 bits per heavy atom. The van der Waals surface area contributed by atoms with Crippen molar-refractivity contribution in [1.29, 1.82) is 0 Å². The van der Waals surface area contributed by atoms with Gasteiger partial charge in [-0.3, -0.25) is 9.59 Å². The zero-order chi connectivity index (χ0) is 14.1. The lowest BCUT2D eigenvalue weighted by atomic mass is 9.79. The summed E-state index contributed by atoms with van der Waals surface area (Å²) in [6.07, 6.45) is 0. The van der Waals surface area contributed by atoms with Gasteiger partial charge in [-0.2, -0.15) is 11.8 Å². The minimum atomic E-state index is -1.02. The summed E-state index contributed by atoms with van der Waals surface area (Å²) in [6.45, 7) is 10.8. The van der Waals surface area contributed by atoms with E-state index in [4.69, 9.17) is 0 Å². The molecule has 1 aliphatic rings. The van der Waals surface area contributed by atoms with Gasteiger partial charge in [-0.1, -0.05) is 34.6 Å². The molecule has 0 aromatic carbocycles. The SMILES string of the molecule is CC1CN(C(=O)C(C(=O)O)C(C)(C)C)CC(C)S1. The number of carbonyl (C=O) groups is 2. The maximum atomic E-state index is 12.4. The Morgan fingerprint density at radius 1 is 1.22 bits per heavy atom. The molecule has 0 spiro atoms. The fourth-order valence-corrected chi connectivity index (χ4v) is 3.71. The molecule has 5 heteroatoms. The summed E-state index contributed by atoms with van der Waals surface area (Å²) >= 11 is 1.85. The Hall–Kier alpha value is -0.710. The lowest BCUT2D eigenvalue weighted by Gasteiger charge is -2.38. The molecule has 1 saturated heterocycles. The van der Waals surface area contributed by atoms with E-state index >= 15 is 0 Å². The van der Waals surface area contributed by atoms with Crippen LogP contribution in [0, 0.1) is 11.3 Å². The van der Waals surface area contributed by atoms with Crippen LogP contribution in [0.15, 0.2) is 0 Å². The molecule has 104 valence electrons. The van der Waals surface area contributed by atoms with Gasteiger partial charge in [-0.05, 0) is 5.41 Å². The van der Waals surface area contributed by atoms with Crippen LogP contribution < -0.4 is 0 Å². The van der Waals surface area contributed by atoms with E-state index in [1.165, 1.54) is 0 Å². The Bertz CT molecular complexity index is 328. The predicted molar refractivity (Wildman–Crippen MR) is 73.7 cm³/mol. The number of carboxylic acids is 1. The molecule has 1 heterocycles. The van der Waals surface area contributed by atoms with Crippen molar-refractivity contribution < 1.29 is 14.7 Å². The number of hydrogen-bond donors (Lipinski definition) is 1. The molecule has 0 saturated carbocycles. The van der Waals surface area contributed by atoms with Crippen molar-refractivity contribution in [3.05, 3.63) is 0 Å². The number of hydrogen-bond acceptors (Lipinski definition) is 3. The second-order valence-electron chi connectivity index (χ2n) is 6.14. The number of carbonyl (C=O) groups excluding carboxylic acids is 1. The number of rotatable bonds is 2. The summed E-state index contributed by atoms with van der Waals surface area (Å²) in [7, 11) is 0. The van der Waals surface area contributed by atoms with Crippen molar-refractivity contribution in [2.24, 2.45) is 11.3 Å². The zero-order valence-electron chi connectivity index (χ0n) is 11.8. The van der Waals surface area contributed by atoms with E-state index in [0.717, 1.165) is 0 Å². The van der Waals surface area contributed by atoms with E-state index in [-0.39, 0.29) is 5.91 Å². The Balaban J connectivity index is 2.87. The van der Waals surface area contributed by atoms with Crippen LogP contribution in [0.25, 0.3) is 0 Å². The third-order valence-corrected chi connectivity index (χ3v) is 4.32. The molecule has 1 aliphatic heterocycles. The van der Waals surface area contributed by atoms with Gasteiger partial charge < -0.3 is 10.0 Å². The molecule has 3 unspecified atom stereocenters. The third-order valence-electron chi connectivity index (χ3n) is 3.09. The summed E-state index contributed by atoms with van der Waals surface area (Å²) in [6, 6.07) is 0. The highest BCUT2D eigenvalue weighted by atomic mass is 32.2. The normalized spacial score (nSPS) is 26.8. The fraction of sp³-hybridized carbons (Fsp3) is 0.846. The summed E-state index contributed by atoms with van der Waals surface area (Å²) in [5.41, 5.74) is -0.556. The van der Waals surface area contributed by atoms with Crippen LogP contribution in [0.2, 0.25) is 0 Å². The van der Waals surface area contributed by atoms with Crippen molar-refractivity contribution in [2.75, 3.05) is 13.1 Å². The number of nitrogens with zero attached hydrogens (tertiary/aromatic N) is 1. The van der Waals surface area contributed by atoms with Crippen molar-refractivity contribution in [1.82, 2.24) is 4.90 Å². The fourth-order valence-electron chi connectivity index (χ4n) is 2.39. The number of amides is 1. The Kier molecular flexibility index (Phi) is 4.70. The van der Waals surface area contributed by atoms with Gasteiger partial charge >= 0.3 is 5.97 Å². The minimum Gasteiger partial charge on any atom is -0.481 e. The predicted octanol–water partition coefficient (Wildman–Crippen LogP) is 2.09. The molecule has 1 amide bonds. The molecule has 0 radical (unpaired) electrons. The Morgan fingerprint density at radius 2 is 1.67 bits per heavy atom. The molecule has 4 nitrogen and oxygen atoms in total. The lowest BCUT2D eigenvalue weighted by Crippen LogP contribution is -2.51. The molecule has 1 fully saturated rings. The minimum absolute atomic E-state index is 0.242. The van der Waals surface area contributed by atoms with E-state index < -0.39 is 17.3 Å². The van der Waals surface area contributed by atoms with Crippen LogP contribution >= 0.6 is 11.8 Å². The van der Waals surface area contributed by atoms with Crippen LogP contribution in [0.1, 0.15) is 34.6 Å². The van der Waals surface area contributed by atoms with Crippen LogP contribution in [0.4, 0.5) is 0 Å². The highest BCUT2D eigenvalue weighted by Crippen LogP contribution is 2.31. The molecule has 1 N–H and O–H groups in total. The monoisotopic (exact) mass is 273 g/mol. The third kappa shape index (κ3) is 3.64. The van der Waals surface area contributed by atoms with Crippen LogP contribution in [0.5, 0.6) is 0 Å². The van der Waals surface area contributed by atoms with Crippen molar-refractivity contribution in [3.8, 4) is 0 Å². The first-order chi connectivity index (χ1) is 8.12. The average molecular weight is 273 g/mol. The van der Waals surface area contributed by atoms with E-state index in [1.54, 1.807) is 25.7 Å². The topological polar surface area (TPSA) is 57.6 Å². The van der Waals surface area contributed by atoms with Crippen molar-refractivity contribution in [3.63, 3.8) is 0 Å². The summed E-state index contributed by atoms with van der Waals surface area (Å²) in [5, 5.41) is 10.0.